The molecular weight excluding hydrogens is 308 g/mol. The molecule has 2 fully saturated rings. The van der Waals surface area contributed by atoms with Crippen LogP contribution in [-0.2, 0) is 14.3 Å². The number of hydrogen-bond acceptors (Lipinski definition) is 4. The Balaban J connectivity index is 2.00. The van der Waals surface area contributed by atoms with Crippen molar-refractivity contribution in [2.24, 2.45) is 5.92 Å². The topological polar surface area (TPSA) is 67.9 Å². The number of alkyl carbamates (subject to hydrolysis) is 1. The Labute approximate surface area is 135 Å². The highest BCUT2D eigenvalue weighted by molar-refractivity contribution is 5.95. The zero-order chi connectivity index (χ0) is 17.5. The number of rotatable bonds is 5. The molecule has 0 aromatic heterocycles. The first kappa shape index (κ1) is 18.1. The lowest BCUT2D eigenvalue weighted by atomic mass is 9.91. The number of halogens is 2. The molecule has 132 valence electrons. The average molecular weight is 333 g/mol. The third kappa shape index (κ3) is 5.12. The van der Waals surface area contributed by atoms with E-state index in [2.05, 4.69) is 5.32 Å². The molecule has 7 heteroatoms. The van der Waals surface area contributed by atoms with Crippen molar-refractivity contribution in [3.63, 3.8) is 0 Å². The van der Waals surface area contributed by atoms with Crippen LogP contribution in [0.15, 0.2) is 0 Å². The molecule has 5 nitrogen and oxygen atoms in total. The number of epoxide rings is 1. The number of carbonyl (C=O) groups is 2. The van der Waals surface area contributed by atoms with Crippen molar-refractivity contribution in [2.75, 3.05) is 6.61 Å². The van der Waals surface area contributed by atoms with Gasteiger partial charge >= 0.3 is 6.09 Å². The number of Topliss-reactive ketones (excluding diaryl/α,β-unsaturated/α-hetero) is 1. The van der Waals surface area contributed by atoms with Gasteiger partial charge in [-0.3, -0.25) is 4.79 Å². The lowest BCUT2D eigenvalue weighted by Crippen LogP contribution is -2.48. The largest absolute Gasteiger partial charge is 0.444 e. The van der Waals surface area contributed by atoms with Crippen LogP contribution in [0.3, 0.4) is 0 Å². The standard InChI is InChI=1S/C16H25F2NO4/c1-14(2,3)23-13(21)19-11(12(20)15(4)9-22-15)7-10-5-6-16(17,18)8-10/h10-11H,5-9H2,1-4H3,(H,19,21). The van der Waals surface area contributed by atoms with Crippen LogP contribution >= 0.6 is 0 Å². The molecule has 0 spiro atoms. The second kappa shape index (κ2) is 6.00. The van der Waals surface area contributed by atoms with Crippen LogP contribution in [-0.4, -0.2) is 41.6 Å². The summed E-state index contributed by atoms with van der Waals surface area (Å²) < 4.78 is 37.0. The Morgan fingerprint density at radius 1 is 1.39 bits per heavy atom. The molecule has 1 saturated carbocycles. The van der Waals surface area contributed by atoms with Crippen molar-refractivity contribution in [3.05, 3.63) is 0 Å². The van der Waals surface area contributed by atoms with Gasteiger partial charge in [0, 0.05) is 12.8 Å². The third-order valence-corrected chi connectivity index (χ3v) is 4.18. The zero-order valence-corrected chi connectivity index (χ0v) is 14.1. The molecule has 1 aliphatic heterocycles. The fourth-order valence-corrected chi connectivity index (χ4v) is 2.88. The molecule has 2 aliphatic rings. The lowest BCUT2D eigenvalue weighted by Gasteiger charge is -2.25. The highest BCUT2D eigenvalue weighted by Crippen LogP contribution is 2.41. The van der Waals surface area contributed by atoms with Gasteiger partial charge in [-0.05, 0) is 46.5 Å². The Hall–Kier alpha value is -1.24. The monoisotopic (exact) mass is 333 g/mol. The first-order chi connectivity index (χ1) is 10.4. The van der Waals surface area contributed by atoms with E-state index in [1.165, 1.54) is 0 Å². The molecule has 1 aliphatic carbocycles. The lowest BCUT2D eigenvalue weighted by molar-refractivity contribution is -0.126. The molecule has 1 N–H and O–H groups in total. The Morgan fingerprint density at radius 3 is 2.43 bits per heavy atom. The minimum Gasteiger partial charge on any atom is -0.444 e. The van der Waals surface area contributed by atoms with Gasteiger partial charge in [0.05, 0.1) is 12.6 Å². The van der Waals surface area contributed by atoms with E-state index in [1.807, 2.05) is 0 Å². The molecule has 3 unspecified atom stereocenters. The summed E-state index contributed by atoms with van der Waals surface area (Å²) in [6.45, 7) is 7.08. The van der Waals surface area contributed by atoms with Gasteiger partial charge in [-0.15, -0.1) is 0 Å². The van der Waals surface area contributed by atoms with Crippen molar-refractivity contribution >= 4 is 11.9 Å². The van der Waals surface area contributed by atoms with Crippen LogP contribution in [0.1, 0.15) is 53.4 Å². The molecule has 0 bridgehead atoms. The van der Waals surface area contributed by atoms with Crippen molar-refractivity contribution in [1.29, 1.82) is 0 Å². The zero-order valence-electron chi connectivity index (χ0n) is 14.1. The molecule has 1 heterocycles. The van der Waals surface area contributed by atoms with Gasteiger partial charge in [-0.1, -0.05) is 0 Å². The SMILES string of the molecule is CC(C)(C)OC(=O)NC(CC1CCC(F)(F)C1)C(=O)C1(C)CO1. The van der Waals surface area contributed by atoms with Crippen molar-refractivity contribution in [2.45, 2.75) is 76.5 Å². The van der Waals surface area contributed by atoms with E-state index in [0.29, 0.717) is 13.0 Å². The molecule has 0 aromatic carbocycles. The van der Waals surface area contributed by atoms with Crippen molar-refractivity contribution in [3.8, 4) is 0 Å². The Morgan fingerprint density at radius 2 is 2.00 bits per heavy atom. The maximum atomic E-state index is 13.4. The summed E-state index contributed by atoms with van der Waals surface area (Å²) in [5, 5.41) is 2.54. The predicted molar refractivity (Wildman–Crippen MR) is 79.4 cm³/mol. The first-order valence-electron chi connectivity index (χ1n) is 7.96. The van der Waals surface area contributed by atoms with E-state index in [0.717, 1.165) is 0 Å². The number of amides is 1. The number of nitrogens with one attached hydrogen (secondary N) is 1. The van der Waals surface area contributed by atoms with E-state index < -0.39 is 29.3 Å². The minimum atomic E-state index is -2.68. The van der Waals surface area contributed by atoms with Gasteiger partial charge in [-0.25, -0.2) is 13.6 Å². The quantitative estimate of drug-likeness (QED) is 0.785. The number of hydrogen-bond donors (Lipinski definition) is 1. The number of ketones is 1. The molecule has 0 aromatic rings. The van der Waals surface area contributed by atoms with Gasteiger partial charge in [0.2, 0.25) is 5.92 Å². The Kier molecular flexibility index (Phi) is 4.72. The second-order valence-corrected chi connectivity index (χ2v) is 7.78. The van der Waals surface area contributed by atoms with Gasteiger partial charge in [0.1, 0.15) is 11.2 Å². The molecule has 3 atom stereocenters. The highest BCUT2D eigenvalue weighted by atomic mass is 19.3. The van der Waals surface area contributed by atoms with Gasteiger partial charge in [0.25, 0.3) is 0 Å². The molecule has 23 heavy (non-hydrogen) atoms. The van der Waals surface area contributed by atoms with E-state index in [9.17, 15) is 18.4 Å². The maximum absolute atomic E-state index is 13.4. The fourth-order valence-electron chi connectivity index (χ4n) is 2.88. The summed E-state index contributed by atoms with van der Waals surface area (Å²) >= 11 is 0. The summed E-state index contributed by atoms with van der Waals surface area (Å²) in [5.41, 5.74) is -1.61. The summed E-state index contributed by atoms with van der Waals surface area (Å²) in [4.78, 5) is 24.4. The van der Waals surface area contributed by atoms with Crippen molar-refractivity contribution < 1.29 is 27.8 Å². The van der Waals surface area contributed by atoms with Crippen LogP contribution < -0.4 is 5.32 Å². The normalized spacial score (nSPS) is 30.6. The fraction of sp³-hybridized carbons (Fsp3) is 0.875. The van der Waals surface area contributed by atoms with E-state index in [1.54, 1.807) is 27.7 Å². The molecule has 1 saturated heterocycles. The average Bonchev–Trinajstić information content (AvgIpc) is 3.02. The van der Waals surface area contributed by atoms with Crippen LogP contribution in [0.25, 0.3) is 0 Å². The summed E-state index contributed by atoms with van der Waals surface area (Å²) in [7, 11) is 0. The summed E-state index contributed by atoms with van der Waals surface area (Å²) in [6.07, 6.45) is -0.593. The maximum Gasteiger partial charge on any atom is 0.408 e. The van der Waals surface area contributed by atoms with E-state index in [-0.39, 0.29) is 31.0 Å². The Bertz CT molecular complexity index is 483. The van der Waals surface area contributed by atoms with Crippen molar-refractivity contribution in [1.82, 2.24) is 5.32 Å². The second-order valence-electron chi connectivity index (χ2n) is 7.78. The van der Waals surface area contributed by atoms with Crippen LogP contribution in [0, 0.1) is 5.92 Å². The minimum absolute atomic E-state index is 0.168. The van der Waals surface area contributed by atoms with Crippen LogP contribution in [0.2, 0.25) is 0 Å². The van der Waals surface area contributed by atoms with Crippen LogP contribution in [0.4, 0.5) is 13.6 Å². The van der Waals surface area contributed by atoms with Gasteiger partial charge in [0.15, 0.2) is 5.78 Å². The highest BCUT2D eigenvalue weighted by Gasteiger charge is 2.51. The smallest absolute Gasteiger partial charge is 0.408 e. The third-order valence-electron chi connectivity index (χ3n) is 4.18. The molecule has 0 radical (unpaired) electrons. The number of ether oxygens (including phenoxy) is 2. The van der Waals surface area contributed by atoms with Gasteiger partial charge in [-0.2, -0.15) is 0 Å². The van der Waals surface area contributed by atoms with E-state index >= 15 is 0 Å². The number of carbonyl (C=O) groups excluding carboxylic acids is 2. The van der Waals surface area contributed by atoms with E-state index in [4.69, 9.17) is 9.47 Å². The summed E-state index contributed by atoms with van der Waals surface area (Å²) in [5.74, 6) is -3.25. The number of alkyl halides is 2. The molecule has 2 rings (SSSR count). The molecule has 1 amide bonds. The first-order valence-corrected chi connectivity index (χ1v) is 7.96. The molecular formula is C16H25F2NO4. The summed E-state index contributed by atoms with van der Waals surface area (Å²) in [6, 6.07) is -0.865. The predicted octanol–water partition coefficient (Wildman–Crippen LogP) is 3.06. The van der Waals surface area contributed by atoms with Crippen LogP contribution in [0.5, 0.6) is 0 Å². The van der Waals surface area contributed by atoms with Gasteiger partial charge < -0.3 is 14.8 Å².